The Kier molecular flexibility index (Phi) is 3.82. The molecule has 2 heterocycles. The minimum absolute atomic E-state index is 0.170. The molecule has 0 spiro atoms. The van der Waals surface area contributed by atoms with Crippen molar-refractivity contribution in [1.82, 2.24) is 15.1 Å². The molecule has 0 amide bonds. The van der Waals surface area contributed by atoms with Crippen LogP contribution in [0.3, 0.4) is 0 Å². The number of piperazine rings is 1. The number of benzene rings is 1. The topological polar surface area (TPSA) is 33.1 Å². The number of aromatic nitrogens is 2. The van der Waals surface area contributed by atoms with Crippen LogP contribution in [0.1, 0.15) is 5.56 Å². The summed E-state index contributed by atoms with van der Waals surface area (Å²) in [5, 5.41) is 7.42. The molecule has 3 rings (SSSR count). The second kappa shape index (κ2) is 5.64. The molecule has 0 saturated carbocycles. The van der Waals surface area contributed by atoms with Crippen LogP contribution < -0.4 is 10.2 Å². The van der Waals surface area contributed by atoms with E-state index < -0.39 is 11.7 Å². The molecule has 1 aliphatic rings. The summed E-state index contributed by atoms with van der Waals surface area (Å²) in [6.07, 6.45) is -2.74. The molecule has 0 radical (unpaired) electrons. The van der Waals surface area contributed by atoms with Gasteiger partial charge in [-0.2, -0.15) is 18.3 Å². The minimum Gasteiger partial charge on any atom is -0.366 e. The van der Waals surface area contributed by atoms with Crippen molar-refractivity contribution in [2.75, 3.05) is 31.1 Å². The zero-order valence-electron chi connectivity index (χ0n) is 12.2. The lowest BCUT2D eigenvalue weighted by molar-refractivity contribution is -0.137. The van der Waals surface area contributed by atoms with Crippen molar-refractivity contribution in [2.24, 2.45) is 7.05 Å². The second-order valence-electron chi connectivity index (χ2n) is 5.28. The van der Waals surface area contributed by atoms with Crippen LogP contribution >= 0.6 is 0 Å². The Morgan fingerprint density at radius 2 is 1.82 bits per heavy atom. The van der Waals surface area contributed by atoms with Gasteiger partial charge in [-0.1, -0.05) is 18.2 Å². The smallest absolute Gasteiger partial charge is 0.366 e. The highest BCUT2D eigenvalue weighted by molar-refractivity contribution is 5.78. The molecule has 1 N–H and O–H groups in total. The van der Waals surface area contributed by atoms with E-state index in [0.29, 0.717) is 5.69 Å². The van der Waals surface area contributed by atoms with Crippen LogP contribution in [0.5, 0.6) is 0 Å². The van der Waals surface area contributed by atoms with E-state index in [4.69, 9.17) is 0 Å². The fourth-order valence-electron chi connectivity index (χ4n) is 2.81. The highest BCUT2D eigenvalue weighted by Crippen LogP contribution is 2.40. The standard InChI is InChI=1S/C15H17F3N4/c1-21-14(11-4-2-3-5-12(11)15(16,17)18)13(10-20-21)22-8-6-19-7-9-22/h2-5,10,19H,6-9H2,1H3. The van der Waals surface area contributed by atoms with Crippen LogP contribution in [0.15, 0.2) is 30.5 Å². The van der Waals surface area contributed by atoms with Crippen LogP contribution in [0.2, 0.25) is 0 Å². The van der Waals surface area contributed by atoms with Crippen LogP contribution in [0.4, 0.5) is 18.9 Å². The molecule has 1 fully saturated rings. The first-order valence-electron chi connectivity index (χ1n) is 7.13. The lowest BCUT2D eigenvalue weighted by atomic mass is 10.0. The van der Waals surface area contributed by atoms with E-state index in [-0.39, 0.29) is 5.56 Å². The second-order valence-corrected chi connectivity index (χ2v) is 5.28. The van der Waals surface area contributed by atoms with E-state index in [1.165, 1.54) is 16.8 Å². The van der Waals surface area contributed by atoms with Gasteiger partial charge in [0, 0.05) is 38.8 Å². The molecule has 0 unspecified atom stereocenters. The van der Waals surface area contributed by atoms with Gasteiger partial charge in [0.2, 0.25) is 0 Å². The van der Waals surface area contributed by atoms with E-state index >= 15 is 0 Å². The van der Waals surface area contributed by atoms with Gasteiger partial charge in [-0.15, -0.1) is 0 Å². The summed E-state index contributed by atoms with van der Waals surface area (Å²) in [7, 11) is 1.67. The average molecular weight is 310 g/mol. The first-order chi connectivity index (χ1) is 10.5. The van der Waals surface area contributed by atoms with Crippen molar-refractivity contribution >= 4 is 5.69 Å². The first-order valence-corrected chi connectivity index (χ1v) is 7.13. The monoisotopic (exact) mass is 310 g/mol. The van der Waals surface area contributed by atoms with E-state index in [1.807, 2.05) is 0 Å². The van der Waals surface area contributed by atoms with Gasteiger partial charge in [0.25, 0.3) is 0 Å². The Morgan fingerprint density at radius 1 is 1.14 bits per heavy atom. The number of anilines is 1. The zero-order valence-corrected chi connectivity index (χ0v) is 12.2. The van der Waals surface area contributed by atoms with Crippen LogP contribution in [0, 0.1) is 0 Å². The maximum absolute atomic E-state index is 13.3. The molecule has 4 nitrogen and oxygen atoms in total. The number of halogens is 3. The van der Waals surface area contributed by atoms with Crippen molar-refractivity contribution in [3.63, 3.8) is 0 Å². The molecule has 7 heteroatoms. The van der Waals surface area contributed by atoms with Gasteiger partial charge in [-0.25, -0.2) is 0 Å². The van der Waals surface area contributed by atoms with Gasteiger partial charge in [0.1, 0.15) is 0 Å². The number of nitrogens with zero attached hydrogens (tertiary/aromatic N) is 3. The minimum atomic E-state index is -4.39. The van der Waals surface area contributed by atoms with Crippen LogP contribution in [-0.4, -0.2) is 36.0 Å². The molecule has 0 bridgehead atoms. The quantitative estimate of drug-likeness (QED) is 0.925. The first kappa shape index (κ1) is 14.9. The molecule has 1 aliphatic heterocycles. The summed E-state index contributed by atoms with van der Waals surface area (Å²) in [6.45, 7) is 3.14. The summed E-state index contributed by atoms with van der Waals surface area (Å²) in [6, 6.07) is 5.65. The Labute approximate surface area is 126 Å². The molecule has 1 aromatic carbocycles. The number of alkyl halides is 3. The van der Waals surface area contributed by atoms with Gasteiger partial charge in [-0.05, 0) is 6.07 Å². The maximum atomic E-state index is 13.3. The third-order valence-electron chi connectivity index (χ3n) is 3.86. The summed E-state index contributed by atoms with van der Waals surface area (Å²) in [5.41, 5.74) is 0.800. The van der Waals surface area contributed by atoms with E-state index in [9.17, 15) is 13.2 Å². The molecule has 2 aromatic rings. The van der Waals surface area contributed by atoms with E-state index in [1.54, 1.807) is 19.3 Å². The SMILES string of the molecule is Cn1ncc(N2CCNCC2)c1-c1ccccc1C(F)(F)F. The average Bonchev–Trinajstić information content (AvgIpc) is 2.89. The number of hydrogen-bond acceptors (Lipinski definition) is 3. The molecule has 0 aliphatic carbocycles. The van der Waals surface area contributed by atoms with Crippen molar-refractivity contribution in [3.8, 4) is 11.3 Å². The molecule has 1 saturated heterocycles. The summed E-state index contributed by atoms with van der Waals surface area (Å²) >= 11 is 0. The van der Waals surface area contributed by atoms with Gasteiger partial charge >= 0.3 is 6.18 Å². The van der Waals surface area contributed by atoms with Crippen molar-refractivity contribution in [2.45, 2.75) is 6.18 Å². The highest BCUT2D eigenvalue weighted by atomic mass is 19.4. The highest BCUT2D eigenvalue weighted by Gasteiger charge is 2.35. The third-order valence-corrected chi connectivity index (χ3v) is 3.86. The van der Waals surface area contributed by atoms with Crippen molar-refractivity contribution < 1.29 is 13.2 Å². The molecule has 1 aromatic heterocycles. The number of aryl methyl sites for hydroxylation is 1. The predicted octanol–water partition coefficient (Wildman–Crippen LogP) is 2.52. The zero-order chi connectivity index (χ0) is 15.7. The Hall–Kier alpha value is -2.02. The lowest BCUT2D eigenvalue weighted by Gasteiger charge is -2.29. The fraction of sp³-hybridized carbons (Fsp3) is 0.400. The van der Waals surface area contributed by atoms with Crippen LogP contribution in [0.25, 0.3) is 11.3 Å². The normalized spacial score (nSPS) is 16.1. The summed E-state index contributed by atoms with van der Waals surface area (Å²) in [5.74, 6) is 0. The number of rotatable bonds is 2. The molecule has 118 valence electrons. The van der Waals surface area contributed by atoms with E-state index in [0.717, 1.165) is 37.9 Å². The van der Waals surface area contributed by atoms with E-state index in [2.05, 4.69) is 15.3 Å². The molecule has 0 atom stereocenters. The van der Waals surface area contributed by atoms with Gasteiger partial charge < -0.3 is 10.2 Å². The largest absolute Gasteiger partial charge is 0.417 e. The van der Waals surface area contributed by atoms with Crippen molar-refractivity contribution in [1.29, 1.82) is 0 Å². The Bertz CT molecular complexity index is 657. The Morgan fingerprint density at radius 3 is 2.50 bits per heavy atom. The third kappa shape index (κ3) is 2.68. The van der Waals surface area contributed by atoms with Gasteiger partial charge in [0.05, 0.1) is 23.1 Å². The summed E-state index contributed by atoms with van der Waals surface area (Å²) in [4.78, 5) is 2.08. The predicted molar refractivity (Wildman–Crippen MR) is 78.7 cm³/mol. The van der Waals surface area contributed by atoms with Gasteiger partial charge in [0.15, 0.2) is 0 Å². The maximum Gasteiger partial charge on any atom is 0.417 e. The van der Waals surface area contributed by atoms with Crippen LogP contribution in [-0.2, 0) is 13.2 Å². The lowest BCUT2D eigenvalue weighted by Crippen LogP contribution is -2.43. The number of hydrogen-bond donors (Lipinski definition) is 1. The molecule has 22 heavy (non-hydrogen) atoms. The number of nitrogens with one attached hydrogen (secondary N) is 1. The Balaban J connectivity index is 2.11. The fourth-order valence-corrected chi connectivity index (χ4v) is 2.81. The van der Waals surface area contributed by atoms with Gasteiger partial charge in [-0.3, -0.25) is 4.68 Å². The molecular formula is C15H17F3N4. The van der Waals surface area contributed by atoms with Crippen molar-refractivity contribution in [3.05, 3.63) is 36.0 Å². The summed E-state index contributed by atoms with van der Waals surface area (Å²) < 4.78 is 41.4. The molecular weight excluding hydrogens is 293 g/mol.